The Morgan fingerprint density at radius 2 is 2.16 bits per heavy atom. The fourth-order valence-electron chi connectivity index (χ4n) is 1.90. The van der Waals surface area contributed by atoms with Crippen molar-refractivity contribution in [2.24, 2.45) is 0 Å². The maximum absolute atomic E-state index is 9.56. The lowest BCUT2D eigenvalue weighted by Gasteiger charge is -2.16. The number of ether oxygens (including phenoxy) is 2. The second-order valence-corrected chi connectivity index (χ2v) is 4.26. The van der Waals surface area contributed by atoms with Crippen LogP contribution in [0.1, 0.15) is 0 Å². The van der Waals surface area contributed by atoms with E-state index in [4.69, 9.17) is 9.47 Å². The third-order valence-corrected chi connectivity index (χ3v) is 2.93. The van der Waals surface area contributed by atoms with Gasteiger partial charge in [0, 0.05) is 32.3 Å². The Balaban J connectivity index is 2.18. The van der Waals surface area contributed by atoms with Crippen molar-refractivity contribution in [3.63, 3.8) is 0 Å². The Hall–Kier alpha value is -1.85. The smallest absolute Gasteiger partial charge is 0.134 e. The molecule has 2 aromatic rings. The van der Waals surface area contributed by atoms with Gasteiger partial charge >= 0.3 is 0 Å². The number of anilines is 1. The number of pyridine rings is 1. The van der Waals surface area contributed by atoms with Crippen LogP contribution in [0, 0.1) is 0 Å². The lowest BCUT2D eigenvalue weighted by atomic mass is 10.1. The van der Waals surface area contributed by atoms with Gasteiger partial charge in [-0.15, -0.1) is 0 Å². The summed E-state index contributed by atoms with van der Waals surface area (Å²) < 4.78 is 10.3. The van der Waals surface area contributed by atoms with Crippen molar-refractivity contribution in [1.82, 2.24) is 4.98 Å². The number of fused-ring (bicyclic) bond motifs is 1. The molecule has 2 rings (SSSR count). The SMILES string of the molecule is COCC(CNc1nccc2ccc(O)cc12)OC. The minimum absolute atomic E-state index is 0.0423. The minimum atomic E-state index is -0.0423. The average molecular weight is 262 g/mol. The van der Waals surface area contributed by atoms with Crippen LogP contribution in [0.2, 0.25) is 0 Å². The standard InChI is InChI=1S/C14H18N2O3/c1-18-9-12(19-2)8-16-14-13-7-11(17)4-3-10(13)5-6-15-14/h3-7,12,17H,8-9H2,1-2H3,(H,15,16). The monoisotopic (exact) mass is 262 g/mol. The number of hydrogen-bond acceptors (Lipinski definition) is 5. The summed E-state index contributed by atoms with van der Waals surface area (Å²) in [5, 5.41) is 14.7. The van der Waals surface area contributed by atoms with Crippen molar-refractivity contribution in [3.05, 3.63) is 30.5 Å². The molecule has 5 nitrogen and oxygen atoms in total. The number of phenolic OH excluding ortho intramolecular Hbond substituents is 1. The summed E-state index contributed by atoms with van der Waals surface area (Å²) in [6.45, 7) is 1.10. The molecule has 1 unspecified atom stereocenters. The van der Waals surface area contributed by atoms with Crippen LogP contribution in [0.5, 0.6) is 5.75 Å². The second-order valence-electron chi connectivity index (χ2n) is 4.26. The summed E-state index contributed by atoms with van der Waals surface area (Å²) in [4.78, 5) is 4.30. The van der Waals surface area contributed by atoms with Gasteiger partial charge in [-0.2, -0.15) is 0 Å². The number of benzene rings is 1. The van der Waals surface area contributed by atoms with E-state index in [1.165, 1.54) is 0 Å². The summed E-state index contributed by atoms with van der Waals surface area (Å²) in [5.41, 5.74) is 0. The summed E-state index contributed by atoms with van der Waals surface area (Å²) in [6.07, 6.45) is 1.69. The number of phenols is 1. The number of methoxy groups -OCH3 is 2. The molecule has 0 saturated carbocycles. The fraction of sp³-hybridized carbons (Fsp3) is 0.357. The summed E-state index contributed by atoms with van der Waals surface area (Å²) in [7, 11) is 3.29. The zero-order valence-electron chi connectivity index (χ0n) is 11.1. The molecule has 1 atom stereocenters. The molecule has 0 radical (unpaired) electrons. The summed E-state index contributed by atoms with van der Waals surface area (Å²) in [5.74, 6) is 0.954. The molecule has 1 aromatic heterocycles. The first-order valence-corrected chi connectivity index (χ1v) is 6.08. The lowest BCUT2D eigenvalue weighted by Crippen LogP contribution is -2.26. The topological polar surface area (TPSA) is 63.6 Å². The molecule has 0 bridgehead atoms. The molecule has 102 valence electrons. The number of hydrogen-bond donors (Lipinski definition) is 2. The van der Waals surface area contributed by atoms with Crippen molar-refractivity contribution in [1.29, 1.82) is 0 Å². The highest BCUT2D eigenvalue weighted by Crippen LogP contribution is 2.24. The van der Waals surface area contributed by atoms with Crippen LogP contribution >= 0.6 is 0 Å². The van der Waals surface area contributed by atoms with E-state index in [-0.39, 0.29) is 11.9 Å². The van der Waals surface area contributed by atoms with Crippen molar-refractivity contribution in [2.45, 2.75) is 6.10 Å². The van der Waals surface area contributed by atoms with E-state index in [1.807, 2.05) is 12.1 Å². The van der Waals surface area contributed by atoms with Gasteiger partial charge in [0.2, 0.25) is 0 Å². The third kappa shape index (κ3) is 3.33. The Kier molecular flexibility index (Phi) is 4.54. The van der Waals surface area contributed by atoms with Gasteiger partial charge in [-0.3, -0.25) is 0 Å². The van der Waals surface area contributed by atoms with Gasteiger partial charge in [0.25, 0.3) is 0 Å². The van der Waals surface area contributed by atoms with E-state index in [0.717, 1.165) is 16.6 Å². The maximum Gasteiger partial charge on any atom is 0.134 e. The maximum atomic E-state index is 9.56. The number of aromatic hydroxyl groups is 1. The van der Waals surface area contributed by atoms with Gasteiger partial charge in [0.1, 0.15) is 11.6 Å². The molecular formula is C14H18N2O3. The largest absolute Gasteiger partial charge is 0.508 e. The molecule has 0 aliphatic heterocycles. The summed E-state index contributed by atoms with van der Waals surface area (Å²) in [6, 6.07) is 7.13. The first-order valence-electron chi connectivity index (χ1n) is 6.08. The second kappa shape index (κ2) is 6.36. The highest BCUT2D eigenvalue weighted by atomic mass is 16.5. The van der Waals surface area contributed by atoms with Gasteiger partial charge in [-0.1, -0.05) is 6.07 Å². The molecule has 0 amide bonds. The van der Waals surface area contributed by atoms with Gasteiger partial charge in [0.05, 0.1) is 12.7 Å². The zero-order valence-corrected chi connectivity index (χ0v) is 11.1. The van der Waals surface area contributed by atoms with E-state index in [0.29, 0.717) is 13.2 Å². The number of rotatable bonds is 6. The highest BCUT2D eigenvalue weighted by Gasteiger charge is 2.08. The van der Waals surface area contributed by atoms with Crippen LogP contribution in [0.15, 0.2) is 30.5 Å². The molecule has 19 heavy (non-hydrogen) atoms. The van der Waals surface area contributed by atoms with Gasteiger partial charge < -0.3 is 19.9 Å². The summed E-state index contributed by atoms with van der Waals surface area (Å²) >= 11 is 0. The van der Waals surface area contributed by atoms with E-state index < -0.39 is 0 Å². The van der Waals surface area contributed by atoms with Crippen LogP contribution in [-0.2, 0) is 9.47 Å². The number of nitrogens with one attached hydrogen (secondary N) is 1. The number of aromatic nitrogens is 1. The predicted molar refractivity (Wildman–Crippen MR) is 74.6 cm³/mol. The molecule has 1 aromatic carbocycles. The average Bonchev–Trinajstić information content (AvgIpc) is 2.43. The van der Waals surface area contributed by atoms with Crippen LogP contribution in [-0.4, -0.2) is 43.6 Å². The van der Waals surface area contributed by atoms with E-state index in [2.05, 4.69) is 10.3 Å². The Morgan fingerprint density at radius 3 is 2.89 bits per heavy atom. The molecule has 1 heterocycles. The van der Waals surface area contributed by atoms with E-state index in [9.17, 15) is 5.11 Å². The molecule has 0 spiro atoms. The first-order chi connectivity index (χ1) is 9.24. The molecule has 5 heteroatoms. The Labute approximate surface area is 112 Å². The molecule has 2 N–H and O–H groups in total. The lowest BCUT2D eigenvalue weighted by molar-refractivity contribution is 0.0365. The molecule has 0 aliphatic carbocycles. The molecule has 0 saturated heterocycles. The van der Waals surface area contributed by atoms with Crippen LogP contribution in [0.3, 0.4) is 0 Å². The fourth-order valence-corrected chi connectivity index (χ4v) is 1.90. The normalized spacial score (nSPS) is 12.5. The van der Waals surface area contributed by atoms with Gasteiger partial charge in [-0.05, 0) is 23.6 Å². The van der Waals surface area contributed by atoms with Crippen molar-refractivity contribution in [2.75, 3.05) is 32.7 Å². The molecular weight excluding hydrogens is 244 g/mol. The van der Waals surface area contributed by atoms with Crippen molar-refractivity contribution in [3.8, 4) is 5.75 Å². The van der Waals surface area contributed by atoms with Crippen LogP contribution in [0.25, 0.3) is 10.8 Å². The first kappa shape index (κ1) is 13.6. The number of nitrogens with zero attached hydrogens (tertiary/aromatic N) is 1. The Bertz CT molecular complexity index is 545. The third-order valence-electron chi connectivity index (χ3n) is 2.93. The molecule has 0 aliphatic rings. The zero-order chi connectivity index (χ0) is 13.7. The quantitative estimate of drug-likeness (QED) is 0.833. The molecule has 0 fully saturated rings. The van der Waals surface area contributed by atoms with Gasteiger partial charge in [0.15, 0.2) is 0 Å². The Morgan fingerprint density at radius 1 is 1.32 bits per heavy atom. The van der Waals surface area contributed by atoms with Crippen LogP contribution in [0.4, 0.5) is 5.82 Å². The van der Waals surface area contributed by atoms with Crippen molar-refractivity contribution >= 4 is 16.6 Å². The van der Waals surface area contributed by atoms with E-state index >= 15 is 0 Å². The van der Waals surface area contributed by atoms with Crippen LogP contribution < -0.4 is 5.32 Å². The van der Waals surface area contributed by atoms with E-state index in [1.54, 1.807) is 32.5 Å². The highest BCUT2D eigenvalue weighted by molar-refractivity contribution is 5.92. The van der Waals surface area contributed by atoms with Crippen molar-refractivity contribution < 1.29 is 14.6 Å². The minimum Gasteiger partial charge on any atom is -0.508 e. The van der Waals surface area contributed by atoms with Gasteiger partial charge in [-0.25, -0.2) is 4.98 Å². The predicted octanol–water partition coefficient (Wildman–Crippen LogP) is 2.01.